The molecule has 0 radical (unpaired) electrons. The van der Waals surface area contributed by atoms with Crippen LogP contribution in [0.5, 0.6) is 11.5 Å². The third-order valence-electron chi connectivity index (χ3n) is 4.75. The van der Waals surface area contributed by atoms with Crippen LogP contribution in [0.2, 0.25) is 0 Å². The fourth-order valence-electron chi connectivity index (χ4n) is 3.28. The number of nitrogens with one attached hydrogen (secondary N) is 1. The van der Waals surface area contributed by atoms with Gasteiger partial charge in [0.1, 0.15) is 0 Å². The van der Waals surface area contributed by atoms with Gasteiger partial charge in [0.2, 0.25) is 0 Å². The fourth-order valence-corrected chi connectivity index (χ4v) is 3.28. The first-order valence-corrected chi connectivity index (χ1v) is 9.79. The Kier molecular flexibility index (Phi) is 6.89. The monoisotopic (exact) mass is 393 g/mol. The van der Waals surface area contributed by atoms with E-state index in [0.717, 1.165) is 29.8 Å². The quantitative estimate of drug-likeness (QED) is 0.600. The molecule has 1 N–H and O–H groups in total. The summed E-state index contributed by atoms with van der Waals surface area (Å²) in [6, 6.07) is 15.7. The van der Waals surface area contributed by atoms with Crippen LogP contribution < -0.4 is 14.8 Å². The lowest BCUT2D eigenvalue weighted by molar-refractivity contribution is 0.0953. The van der Waals surface area contributed by atoms with Gasteiger partial charge in [-0.05, 0) is 42.7 Å². The highest BCUT2D eigenvalue weighted by Gasteiger charge is 2.17. The molecular weight excluding hydrogens is 366 g/mol. The zero-order valence-electron chi connectivity index (χ0n) is 17.1. The van der Waals surface area contributed by atoms with Crippen molar-refractivity contribution in [3.05, 3.63) is 71.5 Å². The number of aromatic nitrogens is 2. The van der Waals surface area contributed by atoms with E-state index in [1.54, 1.807) is 20.4 Å². The zero-order valence-corrected chi connectivity index (χ0v) is 17.1. The molecule has 0 spiro atoms. The van der Waals surface area contributed by atoms with Gasteiger partial charge in [0, 0.05) is 6.54 Å². The van der Waals surface area contributed by atoms with Crippen LogP contribution in [0.1, 0.15) is 35.0 Å². The maximum absolute atomic E-state index is 12.8. The summed E-state index contributed by atoms with van der Waals surface area (Å²) in [6.45, 7) is 2.62. The van der Waals surface area contributed by atoms with Crippen LogP contribution in [0.3, 0.4) is 0 Å². The fraction of sp³-hybridized carbons (Fsp3) is 0.304. The summed E-state index contributed by atoms with van der Waals surface area (Å²) >= 11 is 0. The van der Waals surface area contributed by atoms with Crippen molar-refractivity contribution in [1.82, 2.24) is 15.1 Å². The predicted molar refractivity (Wildman–Crippen MR) is 113 cm³/mol. The van der Waals surface area contributed by atoms with Crippen molar-refractivity contribution < 1.29 is 14.3 Å². The first-order valence-electron chi connectivity index (χ1n) is 9.79. The lowest BCUT2D eigenvalue weighted by atomic mass is 10.1. The molecule has 2 aromatic carbocycles. The summed E-state index contributed by atoms with van der Waals surface area (Å²) in [6.07, 6.45) is 4.07. The number of rotatable bonds is 9. The number of nitrogens with zero attached hydrogens (tertiary/aromatic N) is 2. The largest absolute Gasteiger partial charge is 0.493 e. The average molecular weight is 393 g/mol. The molecule has 6 heteroatoms. The standard InChI is InChI=1S/C23H27N3O3/c1-4-8-20-19(16-25-26(20)18-9-6-5-7-10-18)23(27)24-14-13-17-11-12-21(28-2)22(15-17)29-3/h5-7,9-12,15-16H,4,8,13-14H2,1-3H3,(H,24,27). The van der Waals surface area contributed by atoms with Gasteiger partial charge in [0.15, 0.2) is 11.5 Å². The molecule has 3 aromatic rings. The van der Waals surface area contributed by atoms with Crippen molar-refractivity contribution in [3.63, 3.8) is 0 Å². The van der Waals surface area contributed by atoms with E-state index in [9.17, 15) is 4.79 Å². The average Bonchev–Trinajstić information content (AvgIpc) is 3.18. The van der Waals surface area contributed by atoms with Crippen molar-refractivity contribution in [2.24, 2.45) is 0 Å². The van der Waals surface area contributed by atoms with Gasteiger partial charge in [-0.15, -0.1) is 0 Å². The number of para-hydroxylation sites is 1. The second kappa shape index (κ2) is 9.78. The van der Waals surface area contributed by atoms with E-state index in [2.05, 4.69) is 17.3 Å². The Morgan fingerprint density at radius 2 is 1.79 bits per heavy atom. The van der Waals surface area contributed by atoms with Crippen molar-refractivity contribution in [2.45, 2.75) is 26.2 Å². The van der Waals surface area contributed by atoms with E-state index in [0.29, 0.717) is 30.0 Å². The summed E-state index contributed by atoms with van der Waals surface area (Å²) in [7, 11) is 3.23. The van der Waals surface area contributed by atoms with E-state index in [1.165, 1.54) is 0 Å². The van der Waals surface area contributed by atoms with Gasteiger partial charge in [0.25, 0.3) is 5.91 Å². The van der Waals surface area contributed by atoms with Crippen LogP contribution in [-0.4, -0.2) is 36.5 Å². The van der Waals surface area contributed by atoms with Crippen LogP contribution in [0.25, 0.3) is 5.69 Å². The minimum atomic E-state index is -0.101. The highest BCUT2D eigenvalue weighted by Crippen LogP contribution is 2.27. The number of carbonyl (C=O) groups is 1. The van der Waals surface area contributed by atoms with Gasteiger partial charge >= 0.3 is 0 Å². The van der Waals surface area contributed by atoms with Crippen molar-refractivity contribution in [1.29, 1.82) is 0 Å². The van der Waals surface area contributed by atoms with Gasteiger partial charge in [-0.25, -0.2) is 4.68 Å². The normalized spacial score (nSPS) is 10.6. The highest BCUT2D eigenvalue weighted by atomic mass is 16.5. The molecule has 0 aliphatic rings. The van der Waals surface area contributed by atoms with Crippen molar-refractivity contribution in [3.8, 4) is 17.2 Å². The number of carbonyl (C=O) groups excluding carboxylic acids is 1. The topological polar surface area (TPSA) is 65.4 Å². The molecule has 0 aliphatic heterocycles. The van der Waals surface area contributed by atoms with Crippen molar-refractivity contribution in [2.75, 3.05) is 20.8 Å². The Morgan fingerprint density at radius 1 is 1.03 bits per heavy atom. The van der Waals surface area contributed by atoms with Crippen LogP contribution in [0.15, 0.2) is 54.7 Å². The smallest absolute Gasteiger partial charge is 0.254 e. The Hall–Kier alpha value is -3.28. The van der Waals surface area contributed by atoms with Crippen molar-refractivity contribution >= 4 is 5.91 Å². The molecule has 0 bridgehead atoms. The minimum Gasteiger partial charge on any atom is -0.493 e. The zero-order chi connectivity index (χ0) is 20.6. The van der Waals surface area contributed by atoms with Gasteiger partial charge in [-0.1, -0.05) is 37.6 Å². The summed E-state index contributed by atoms with van der Waals surface area (Å²) in [5, 5.41) is 7.47. The van der Waals surface area contributed by atoms with Crippen LogP contribution in [0.4, 0.5) is 0 Å². The molecule has 1 amide bonds. The molecule has 152 valence electrons. The first-order chi connectivity index (χ1) is 14.2. The number of amides is 1. The second-order valence-corrected chi connectivity index (χ2v) is 6.70. The number of ether oxygens (including phenoxy) is 2. The number of methoxy groups -OCH3 is 2. The number of hydrogen-bond donors (Lipinski definition) is 1. The Balaban J connectivity index is 1.69. The molecular formula is C23H27N3O3. The van der Waals surface area contributed by atoms with E-state index in [1.807, 2.05) is 53.2 Å². The molecule has 0 saturated heterocycles. The Bertz CT molecular complexity index is 951. The van der Waals surface area contributed by atoms with Gasteiger partial charge < -0.3 is 14.8 Å². The lowest BCUT2D eigenvalue weighted by Crippen LogP contribution is -2.26. The van der Waals surface area contributed by atoms with Gasteiger partial charge in [-0.3, -0.25) is 4.79 Å². The third-order valence-corrected chi connectivity index (χ3v) is 4.75. The lowest BCUT2D eigenvalue weighted by Gasteiger charge is -2.11. The molecule has 29 heavy (non-hydrogen) atoms. The van der Waals surface area contributed by atoms with Gasteiger partial charge in [-0.2, -0.15) is 5.10 Å². The van der Waals surface area contributed by atoms with E-state index in [4.69, 9.17) is 9.47 Å². The van der Waals surface area contributed by atoms with E-state index < -0.39 is 0 Å². The molecule has 0 atom stereocenters. The maximum atomic E-state index is 12.8. The molecule has 6 nitrogen and oxygen atoms in total. The molecule has 0 fully saturated rings. The van der Waals surface area contributed by atoms with Crippen LogP contribution in [0, 0.1) is 0 Å². The molecule has 1 aromatic heterocycles. The second-order valence-electron chi connectivity index (χ2n) is 6.70. The summed E-state index contributed by atoms with van der Waals surface area (Å²) < 4.78 is 12.5. The number of hydrogen-bond acceptors (Lipinski definition) is 4. The van der Waals surface area contributed by atoms with Gasteiger partial charge in [0.05, 0.1) is 37.4 Å². The third kappa shape index (κ3) is 4.77. The van der Waals surface area contributed by atoms with Crippen LogP contribution in [-0.2, 0) is 12.8 Å². The Morgan fingerprint density at radius 3 is 2.48 bits per heavy atom. The number of benzene rings is 2. The van der Waals surface area contributed by atoms with E-state index in [-0.39, 0.29) is 5.91 Å². The molecule has 3 rings (SSSR count). The predicted octanol–water partition coefficient (Wildman–Crippen LogP) is 3.81. The molecule has 0 unspecified atom stereocenters. The summed E-state index contributed by atoms with van der Waals surface area (Å²) in [5.74, 6) is 1.28. The van der Waals surface area contributed by atoms with E-state index >= 15 is 0 Å². The molecule has 0 saturated carbocycles. The Labute approximate surface area is 171 Å². The molecule has 0 aliphatic carbocycles. The summed E-state index contributed by atoms with van der Waals surface area (Å²) in [4.78, 5) is 12.8. The molecule has 1 heterocycles. The maximum Gasteiger partial charge on any atom is 0.254 e. The van der Waals surface area contributed by atoms with Crippen LogP contribution >= 0.6 is 0 Å². The highest BCUT2D eigenvalue weighted by molar-refractivity contribution is 5.95. The SMILES string of the molecule is CCCc1c(C(=O)NCCc2ccc(OC)c(OC)c2)cnn1-c1ccccc1. The minimum absolute atomic E-state index is 0.101. The summed E-state index contributed by atoms with van der Waals surface area (Å²) in [5.41, 5.74) is 3.59. The first kappa shape index (κ1) is 20.5.